The third kappa shape index (κ3) is 2.35. The third-order valence-electron chi connectivity index (χ3n) is 5.79. The monoisotopic (exact) mass is 327 g/mol. The van der Waals surface area contributed by atoms with E-state index in [1.165, 1.54) is 18.2 Å². The van der Waals surface area contributed by atoms with Gasteiger partial charge in [-0.1, -0.05) is 6.07 Å². The van der Waals surface area contributed by atoms with Crippen molar-refractivity contribution in [1.29, 1.82) is 0 Å². The lowest BCUT2D eigenvalue weighted by molar-refractivity contribution is 0.00578. The lowest BCUT2D eigenvalue weighted by Crippen LogP contribution is -2.41. The zero-order valence-corrected chi connectivity index (χ0v) is 15.3. The van der Waals surface area contributed by atoms with Crippen LogP contribution in [0.3, 0.4) is 0 Å². The second-order valence-electron chi connectivity index (χ2n) is 8.01. The SMILES string of the molecule is Cn1nc(N2CCCC2)c2ccc(B3OC(C)(C)C(C)(C)O3)cc21. The van der Waals surface area contributed by atoms with Gasteiger partial charge in [0.2, 0.25) is 0 Å². The van der Waals surface area contributed by atoms with Crippen LogP contribution in [0.4, 0.5) is 5.82 Å². The molecule has 3 heterocycles. The fourth-order valence-electron chi connectivity index (χ4n) is 3.54. The fourth-order valence-corrected chi connectivity index (χ4v) is 3.54. The maximum atomic E-state index is 6.18. The minimum atomic E-state index is -0.329. The zero-order chi connectivity index (χ0) is 17.1. The molecule has 128 valence electrons. The van der Waals surface area contributed by atoms with Crippen LogP contribution in [-0.2, 0) is 16.4 Å². The van der Waals surface area contributed by atoms with Crippen LogP contribution in [0.1, 0.15) is 40.5 Å². The van der Waals surface area contributed by atoms with Crippen molar-refractivity contribution in [3.63, 3.8) is 0 Å². The Morgan fingerprint density at radius 2 is 1.67 bits per heavy atom. The van der Waals surface area contributed by atoms with Gasteiger partial charge in [-0.15, -0.1) is 0 Å². The van der Waals surface area contributed by atoms with E-state index in [-0.39, 0.29) is 18.3 Å². The van der Waals surface area contributed by atoms with Crippen LogP contribution in [0.25, 0.3) is 10.9 Å². The number of aromatic nitrogens is 2. The summed E-state index contributed by atoms with van der Waals surface area (Å²) in [7, 11) is 1.68. The molecular weight excluding hydrogens is 301 g/mol. The van der Waals surface area contributed by atoms with E-state index in [4.69, 9.17) is 14.4 Å². The van der Waals surface area contributed by atoms with Crippen molar-refractivity contribution in [2.45, 2.75) is 51.7 Å². The van der Waals surface area contributed by atoms with Crippen molar-refractivity contribution in [3.8, 4) is 0 Å². The Balaban J connectivity index is 1.71. The number of aryl methyl sites for hydroxylation is 1. The van der Waals surface area contributed by atoms with Gasteiger partial charge in [-0.05, 0) is 58.1 Å². The average molecular weight is 327 g/mol. The molecule has 0 atom stereocenters. The molecule has 1 aromatic carbocycles. The molecule has 2 fully saturated rings. The van der Waals surface area contributed by atoms with Crippen molar-refractivity contribution in [2.24, 2.45) is 7.05 Å². The van der Waals surface area contributed by atoms with Crippen LogP contribution in [-0.4, -0.2) is 41.2 Å². The fraction of sp³-hybridized carbons (Fsp3) is 0.611. The molecule has 2 aliphatic rings. The van der Waals surface area contributed by atoms with E-state index >= 15 is 0 Å². The van der Waals surface area contributed by atoms with Crippen molar-refractivity contribution < 1.29 is 9.31 Å². The number of benzene rings is 1. The quantitative estimate of drug-likeness (QED) is 0.795. The largest absolute Gasteiger partial charge is 0.494 e. The predicted molar refractivity (Wildman–Crippen MR) is 97.9 cm³/mol. The topological polar surface area (TPSA) is 39.5 Å². The van der Waals surface area contributed by atoms with Gasteiger partial charge in [0, 0.05) is 25.5 Å². The van der Waals surface area contributed by atoms with Gasteiger partial charge >= 0.3 is 7.12 Å². The molecule has 0 radical (unpaired) electrons. The first-order valence-electron chi connectivity index (χ1n) is 8.86. The number of hydrogen-bond donors (Lipinski definition) is 0. The average Bonchev–Trinajstić information content (AvgIpc) is 3.18. The molecule has 2 aromatic rings. The van der Waals surface area contributed by atoms with Gasteiger partial charge in [-0.25, -0.2) is 0 Å². The molecule has 0 saturated carbocycles. The molecular formula is C18H26BN3O2. The summed E-state index contributed by atoms with van der Waals surface area (Å²) in [5.41, 5.74) is 1.54. The Labute approximate surface area is 144 Å². The van der Waals surface area contributed by atoms with Gasteiger partial charge in [0.15, 0.2) is 5.82 Å². The molecule has 0 bridgehead atoms. The van der Waals surface area contributed by atoms with Crippen LogP contribution in [0.2, 0.25) is 0 Å². The lowest BCUT2D eigenvalue weighted by atomic mass is 9.79. The van der Waals surface area contributed by atoms with Gasteiger partial charge in [0.05, 0.1) is 16.7 Å². The standard InChI is InChI=1S/C18H26BN3O2/c1-17(2)18(3,4)24-19(23-17)13-8-9-14-15(12-13)21(5)20-16(14)22-10-6-7-11-22/h8-9,12H,6-7,10-11H2,1-5H3. The summed E-state index contributed by atoms with van der Waals surface area (Å²) in [6, 6.07) is 6.44. The van der Waals surface area contributed by atoms with Crippen molar-refractivity contribution in [2.75, 3.05) is 18.0 Å². The van der Waals surface area contributed by atoms with E-state index in [1.807, 2.05) is 11.7 Å². The minimum Gasteiger partial charge on any atom is -0.399 e. The van der Waals surface area contributed by atoms with Crippen molar-refractivity contribution in [3.05, 3.63) is 18.2 Å². The molecule has 0 aliphatic carbocycles. The minimum absolute atomic E-state index is 0.320. The van der Waals surface area contributed by atoms with E-state index in [2.05, 4.69) is 50.8 Å². The number of anilines is 1. The zero-order valence-electron chi connectivity index (χ0n) is 15.3. The summed E-state index contributed by atoms with van der Waals surface area (Å²) in [5, 5.41) is 5.97. The van der Waals surface area contributed by atoms with Gasteiger partial charge < -0.3 is 14.2 Å². The lowest BCUT2D eigenvalue weighted by Gasteiger charge is -2.32. The molecule has 5 nitrogen and oxygen atoms in total. The molecule has 2 saturated heterocycles. The highest BCUT2D eigenvalue weighted by molar-refractivity contribution is 6.62. The molecule has 6 heteroatoms. The first-order valence-corrected chi connectivity index (χ1v) is 8.86. The highest BCUT2D eigenvalue weighted by Gasteiger charge is 2.51. The highest BCUT2D eigenvalue weighted by atomic mass is 16.7. The number of nitrogens with zero attached hydrogens (tertiary/aromatic N) is 3. The first-order chi connectivity index (χ1) is 11.3. The molecule has 0 unspecified atom stereocenters. The normalized spacial score (nSPS) is 22.7. The van der Waals surface area contributed by atoms with E-state index in [0.717, 1.165) is 29.9 Å². The van der Waals surface area contributed by atoms with Crippen LogP contribution in [0, 0.1) is 0 Å². The maximum absolute atomic E-state index is 6.18. The summed E-state index contributed by atoms with van der Waals surface area (Å²) in [4.78, 5) is 2.39. The molecule has 2 aliphatic heterocycles. The highest BCUT2D eigenvalue weighted by Crippen LogP contribution is 2.37. The molecule has 0 N–H and O–H groups in total. The van der Waals surface area contributed by atoms with Crippen LogP contribution < -0.4 is 10.4 Å². The summed E-state index contributed by atoms with van der Waals surface area (Å²) < 4.78 is 14.3. The first kappa shape index (κ1) is 16.0. The smallest absolute Gasteiger partial charge is 0.399 e. The van der Waals surface area contributed by atoms with Gasteiger partial charge in [0.25, 0.3) is 0 Å². The molecule has 1 aromatic heterocycles. The summed E-state index contributed by atoms with van der Waals surface area (Å²) in [5.74, 6) is 1.10. The molecule has 0 spiro atoms. The summed E-state index contributed by atoms with van der Waals surface area (Å²) in [6.07, 6.45) is 2.51. The molecule has 0 amide bonds. The van der Waals surface area contributed by atoms with E-state index in [1.54, 1.807) is 0 Å². The van der Waals surface area contributed by atoms with E-state index < -0.39 is 0 Å². The Kier molecular flexibility index (Phi) is 3.48. The van der Waals surface area contributed by atoms with Gasteiger partial charge in [-0.2, -0.15) is 5.10 Å². The second-order valence-corrected chi connectivity index (χ2v) is 8.01. The second kappa shape index (κ2) is 5.23. The number of hydrogen-bond acceptors (Lipinski definition) is 4. The maximum Gasteiger partial charge on any atom is 0.494 e. The summed E-state index contributed by atoms with van der Waals surface area (Å²) >= 11 is 0. The Bertz CT molecular complexity index is 762. The third-order valence-corrected chi connectivity index (χ3v) is 5.79. The van der Waals surface area contributed by atoms with Crippen molar-refractivity contribution >= 4 is 29.3 Å². The molecule has 24 heavy (non-hydrogen) atoms. The van der Waals surface area contributed by atoms with Crippen LogP contribution in [0.15, 0.2) is 18.2 Å². The Morgan fingerprint density at radius 1 is 1.04 bits per heavy atom. The summed E-state index contributed by atoms with van der Waals surface area (Å²) in [6.45, 7) is 10.5. The van der Waals surface area contributed by atoms with E-state index in [0.29, 0.717) is 0 Å². The molecule has 4 rings (SSSR count). The number of fused-ring (bicyclic) bond motifs is 1. The Morgan fingerprint density at radius 3 is 2.29 bits per heavy atom. The Hall–Kier alpha value is -1.53. The van der Waals surface area contributed by atoms with Gasteiger partial charge in [0.1, 0.15) is 0 Å². The number of rotatable bonds is 2. The van der Waals surface area contributed by atoms with Crippen LogP contribution in [0.5, 0.6) is 0 Å². The van der Waals surface area contributed by atoms with Crippen molar-refractivity contribution in [1.82, 2.24) is 9.78 Å². The van der Waals surface area contributed by atoms with Crippen LogP contribution >= 0.6 is 0 Å². The predicted octanol–water partition coefficient (Wildman–Crippen LogP) is 2.47. The van der Waals surface area contributed by atoms with E-state index in [9.17, 15) is 0 Å². The van der Waals surface area contributed by atoms with Gasteiger partial charge in [-0.3, -0.25) is 4.68 Å².